The van der Waals surface area contributed by atoms with Gasteiger partial charge in [-0.1, -0.05) is 0 Å². The average molecular weight is 359 g/mol. The summed E-state index contributed by atoms with van der Waals surface area (Å²) in [5.41, 5.74) is 2.81. The summed E-state index contributed by atoms with van der Waals surface area (Å²) in [5.74, 6) is 0.801. The molecule has 0 saturated carbocycles. The van der Waals surface area contributed by atoms with Gasteiger partial charge < -0.3 is 10.6 Å². The molecular weight excluding hydrogens is 342 g/mol. The maximum atomic E-state index is 4.67. The Morgan fingerprint density at radius 2 is 2.12 bits per heavy atom. The molecule has 4 rings (SSSR count). The molecule has 2 N–H and O–H groups in total. The fraction of sp³-hybridized carbons (Fsp3) is 0.333. The van der Waals surface area contributed by atoms with Gasteiger partial charge in [-0.2, -0.15) is 5.10 Å². The van der Waals surface area contributed by atoms with Gasteiger partial charge in [-0.3, -0.25) is 9.67 Å². The first-order chi connectivity index (χ1) is 11.8. The minimum atomic E-state index is 0.689. The zero-order valence-corrected chi connectivity index (χ0v) is 14.8. The van der Waals surface area contributed by atoms with Crippen LogP contribution in [0.15, 0.2) is 28.0 Å². The monoisotopic (exact) mass is 359 g/mol. The number of nitrogens with one attached hydrogen (secondary N) is 2. The summed E-state index contributed by atoms with van der Waals surface area (Å²) in [6, 6.07) is 1.99. The van der Waals surface area contributed by atoms with Gasteiger partial charge in [-0.05, 0) is 19.4 Å². The lowest BCUT2D eigenvalue weighted by molar-refractivity contribution is 0.676. The van der Waals surface area contributed by atoms with Crippen molar-refractivity contribution in [1.29, 1.82) is 0 Å². The Morgan fingerprint density at radius 3 is 2.92 bits per heavy atom. The first-order valence-electron chi connectivity index (χ1n) is 7.72. The molecule has 124 valence electrons. The number of aryl methyl sites for hydroxylation is 1. The van der Waals surface area contributed by atoms with Crippen molar-refractivity contribution in [2.45, 2.75) is 19.9 Å². The molecule has 0 radical (unpaired) electrons. The van der Waals surface area contributed by atoms with E-state index >= 15 is 0 Å². The topological polar surface area (TPSA) is 80.0 Å². The molecule has 3 aromatic heterocycles. The van der Waals surface area contributed by atoms with Crippen LogP contribution >= 0.6 is 22.7 Å². The second kappa shape index (κ2) is 6.70. The van der Waals surface area contributed by atoms with E-state index in [9.17, 15) is 0 Å². The van der Waals surface area contributed by atoms with E-state index in [2.05, 4.69) is 30.7 Å². The number of aliphatic imine (C=N–C) groups is 1. The van der Waals surface area contributed by atoms with Crippen molar-refractivity contribution in [3.05, 3.63) is 33.7 Å². The number of hydrogen-bond donors (Lipinski definition) is 2. The van der Waals surface area contributed by atoms with Crippen LogP contribution < -0.4 is 10.6 Å². The molecule has 1 aliphatic rings. The van der Waals surface area contributed by atoms with Crippen LogP contribution in [0.4, 0.5) is 5.13 Å². The van der Waals surface area contributed by atoms with Crippen LogP contribution in [-0.4, -0.2) is 38.8 Å². The molecule has 0 aliphatic carbocycles. The maximum absolute atomic E-state index is 4.67. The van der Waals surface area contributed by atoms with Gasteiger partial charge >= 0.3 is 0 Å². The molecule has 0 fully saturated rings. The van der Waals surface area contributed by atoms with E-state index in [0.29, 0.717) is 6.54 Å². The number of aromatic nitrogens is 4. The van der Waals surface area contributed by atoms with E-state index in [1.54, 1.807) is 22.7 Å². The zero-order chi connectivity index (χ0) is 16.4. The molecule has 0 aromatic carbocycles. The van der Waals surface area contributed by atoms with Crippen molar-refractivity contribution in [2.75, 3.05) is 18.4 Å². The van der Waals surface area contributed by atoms with Crippen LogP contribution in [0.2, 0.25) is 0 Å². The van der Waals surface area contributed by atoms with E-state index in [0.717, 1.165) is 52.7 Å². The van der Waals surface area contributed by atoms with Crippen molar-refractivity contribution in [3.8, 4) is 11.4 Å². The summed E-state index contributed by atoms with van der Waals surface area (Å²) >= 11 is 3.19. The van der Waals surface area contributed by atoms with Gasteiger partial charge in [0.25, 0.3) is 0 Å². The molecule has 3 aromatic rings. The molecule has 0 spiro atoms. The Balaban J connectivity index is 1.45. The third-order valence-corrected chi connectivity index (χ3v) is 5.10. The highest BCUT2D eigenvalue weighted by Crippen LogP contribution is 2.26. The first kappa shape index (κ1) is 15.3. The van der Waals surface area contributed by atoms with E-state index in [1.165, 1.54) is 0 Å². The van der Waals surface area contributed by atoms with E-state index in [4.69, 9.17) is 0 Å². The smallest absolute Gasteiger partial charge is 0.197 e. The lowest BCUT2D eigenvalue weighted by Gasteiger charge is -2.13. The van der Waals surface area contributed by atoms with Crippen molar-refractivity contribution >= 4 is 33.8 Å². The standard InChI is InChI=1S/C15H17N7S2/c1-10-3-6-22(21-10)7-13-18-11(8-23-13)12-9-24-15(19-12)20-14-16-4-2-5-17-14/h3,6,8-9H,2,4-5,7H2,1H3,(H2,16,17,19,20). The molecule has 0 atom stereocenters. The van der Waals surface area contributed by atoms with Crippen LogP contribution in [0, 0.1) is 6.92 Å². The van der Waals surface area contributed by atoms with Crippen molar-refractivity contribution < 1.29 is 0 Å². The third kappa shape index (κ3) is 3.46. The highest BCUT2D eigenvalue weighted by Gasteiger charge is 2.11. The predicted molar refractivity (Wildman–Crippen MR) is 97.8 cm³/mol. The first-order valence-corrected chi connectivity index (χ1v) is 9.48. The maximum Gasteiger partial charge on any atom is 0.197 e. The van der Waals surface area contributed by atoms with E-state index in [-0.39, 0.29) is 0 Å². The summed E-state index contributed by atoms with van der Waals surface area (Å²) in [7, 11) is 0. The van der Waals surface area contributed by atoms with Crippen LogP contribution in [0.1, 0.15) is 17.1 Å². The van der Waals surface area contributed by atoms with Crippen molar-refractivity contribution in [3.63, 3.8) is 0 Å². The highest BCUT2D eigenvalue weighted by molar-refractivity contribution is 7.14. The van der Waals surface area contributed by atoms with E-state index in [1.807, 2.05) is 34.6 Å². The SMILES string of the molecule is Cc1ccn(Cc2nc(-c3csc(NC4=NCCCN4)n3)cs2)n1. The second-order valence-electron chi connectivity index (χ2n) is 5.45. The molecule has 9 heteroatoms. The molecule has 1 aliphatic heterocycles. The second-order valence-corrected chi connectivity index (χ2v) is 7.26. The Hall–Kier alpha value is -2.26. The van der Waals surface area contributed by atoms with Gasteiger partial charge in [0.15, 0.2) is 11.1 Å². The largest absolute Gasteiger partial charge is 0.356 e. The normalized spacial score (nSPS) is 14.3. The lowest BCUT2D eigenvalue weighted by Crippen LogP contribution is -2.35. The Bertz CT molecular complexity index is 861. The van der Waals surface area contributed by atoms with Crippen molar-refractivity contribution in [1.82, 2.24) is 25.1 Å². The van der Waals surface area contributed by atoms with Gasteiger partial charge in [0, 0.05) is 30.0 Å². The number of hydrogen-bond acceptors (Lipinski definition) is 8. The summed E-state index contributed by atoms with van der Waals surface area (Å²) in [4.78, 5) is 13.7. The fourth-order valence-corrected chi connectivity index (χ4v) is 3.84. The van der Waals surface area contributed by atoms with Gasteiger partial charge in [0.2, 0.25) is 0 Å². The molecule has 7 nitrogen and oxygen atoms in total. The summed E-state index contributed by atoms with van der Waals surface area (Å²) in [5, 5.41) is 16.8. The molecule has 0 unspecified atom stereocenters. The summed E-state index contributed by atoms with van der Waals surface area (Å²) in [6.07, 6.45) is 3.05. The van der Waals surface area contributed by atoms with Gasteiger partial charge in [0.05, 0.1) is 12.2 Å². The zero-order valence-electron chi connectivity index (χ0n) is 13.2. The molecule has 0 bridgehead atoms. The van der Waals surface area contributed by atoms with Crippen LogP contribution in [0.3, 0.4) is 0 Å². The van der Waals surface area contributed by atoms with E-state index < -0.39 is 0 Å². The summed E-state index contributed by atoms with van der Waals surface area (Å²) < 4.78 is 1.90. The molecule has 0 saturated heterocycles. The minimum absolute atomic E-state index is 0.689. The predicted octanol–water partition coefficient (Wildman–Crippen LogP) is 2.58. The van der Waals surface area contributed by atoms with Crippen LogP contribution in [0.25, 0.3) is 11.4 Å². The number of nitrogens with zero attached hydrogens (tertiary/aromatic N) is 5. The number of guanidine groups is 1. The highest BCUT2D eigenvalue weighted by atomic mass is 32.1. The molecular formula is C15H17N7S2. The number of anilines is 1. The van der Waals surface area contributed by atoms with Gasteiger partial charge in [-0.25, -0.2) is 9.97 Å². The van der Waals surface area contributed by atoms with Gasteiger partial charge in [-0.15, -0.1) is 22.7 Å². The fourth-order valence-electron chi connectivity index (χ4n) is 2.36. The lowest BCUT2D eigenvalue weighted by atomic mass is 10.4. The van der Waals surface area contributed by atoms with Crippen molar-refractivity contribution in [2.24, 2.45) is 4.99 Å². The Labute approximate surface area is 147 Å². The van der Waals surface area contributed by atoms with Crippen LogP contribution in [0.5, 0.6) is 0 Å². The molecule has 4 heterocycles. The molecule has 24 heavy (non-hydrogen) atoms. The Morgan fingerprint density at radius 1 is 1.25 bits per heavy atom. The molecule has 0 amide bonds. The third-order valence-electron chi connectivity index (χ3n) is 3.51. The number of rotatable bonds is 4. The minimum Gasteiger partial charge on any atom is -0.356 e. The summed E-state index contributed by atoms with van der Waals surface area (Å²) in [6.45, 7) is 4.48. The quantitative estimate of drug-likeness (QED) is 0.748. The Kier molecular flexibility index (Phi) is 4.26. The number of thiazole rings is 2. The average Bonchev–Trinajstić information content (AvgIpc) is 3.31. The van der Waals surface area contributed by atoms with Gasteiger partial charge in [0.1, 0.15) is 16.4 Å². The van der Waals surface area contributed by atoms with Crippen LogP contribution in [-0.2, 0) is 6.54 Å².